The lowest BCUT2D eigenvalue weighted by molar-refractivity contribution is -0.144. The van der Waals surface area contributed by atoms with Crippen molar-refractivity contribution in [1.82, 2.24) is 10.8 Å². The Morgan fingerprint density at radius 2 is 2.15 bits per heavy atom. The van der Waals surface area contributed by atoms with Gasteiger partial charge < -0.3 is 10.4 Å². The second kappa shape index (κ2) is 6.24. The fraction of sp³-hybridized carbons (Fsp3) is 0.714. The molecule has 0 aliphatic carbocycles. The van der Waals surface area contributed by atoms with Crippen LogP contribution in [0.25, 0.3) is 0 Å². The van der Waals surface area contributed by atoms with Crippen LogP contribution in [-0.4, -0.2) is 29.8 Å². The van der Waals surface area contributed by atoms with Crippen molar-refractivity contribution in [2.24, 2.45) is 0 Å². The minimum absolute atomic E-state index is 0.0356. The molecule has 6 nitrogen and oxygen atoms in total. The first-order valence-electron chi connectivity index (χ1n) is 3.96. The summed E-state index contributed by atoms with van der Waals surface area (Å²) in [5.41, 5.74) is 1.95. The maximum Gasteiger partial charge on any atom is 0.338 e. The molecule has 1 unspecified atom stereocenters. The van der Waals surface area contributed by atoms with Gasteiger partial charge in [0.05, 0.1) is 0 Å². The van der Waals surface area contributed by atoms with E-state index in [4.69, 9.17) is 5.11 Å². The second-order valence-electron chi connectivity index (χ2n) is 2.57. The summed E-state index contributed by atoms with van der Waals surface area (Å²) >= 11 is 0. The van der Waals surface area contributed by atoms with Gasteiger partial charge in [-0.2, -0.15) is 0 Å². The minimum atomic E-state index is -1.14. The third kappa shape index (κ3) is 7.07. The number of nitrogens with one attached hydrogen (secondary N) is 2. The van der Waals surface area contributed by atoms with E-state index in [1.807, 2.05) is 19.3 Å². The Bertz CT molecular complexity index is 183. The summed E-state index contributed by atoms with van der Waals surface area (Å²) in [4.78, 5) is 25.2. The average molecular weight is 190 g/mol. The topological polar surface area (TPSA) is 87.7 Å². The lowest BCUT2D eigenvalue weighted by Crippen LogP contribution is -2.41. The normalized spacial score (nSPS) is 11.8. The Morgan fingerprint density at radius 1 is 1.54 bits per heavy atom. The molecule has 76 valence electrons. The molecule has 0 aromatic heterocycles. The number of hydrogen-bond donors (Lipinski definition) is 3. The van der Waals surface area contributed by atoms with E-state index in [1.54, 1.807) is 0 Å². The van der Waals surface area contributed by atoms with Crippen molar-refractivity contribution in [1.29, 1.82) is 0 Å². The van der Waals surface area contributed by atoms with Crippen LogP contribution >= 0.6 is 0 Å². The molecule has 3 N–H and O–H groups in total. The standard InChI is InChI=1S/C7H14N2O4/c1-3-5(2)8-7(12)9-13-4-6(10)11/h5H,3-4H2,1-2H3,(H,10,11)(H2,8,9,12). The molecular formula is C7H14N2O4. The maximum absolute atomic E-state index is 10.9. The van der Waals surface area contributed by atoms with Gasteiger partial charge in [0.2, 0.25) is 0 Å². The van der Waals surface area contributed by atoms with Crippen molar-refractivity contribution in [2.45, 2.75) is 26.3 Å². The van der Waals surface area contributed by atoms with Crippen molar-refractivity contribution in [3.8, 4) is 0 Å². The first-order chi connectivity index (χ1) is 6.06. The Morgan fingerprint density at radius 3 is 2.62 bits per heavy atom. The Balaban J connectivity index is 3.46. The van der Waals surface area contributed by atoms with Crippen LogP contribution in [0.15, 0.2) is 0 Å². The molecule has 13 heavy (non-hydrogen) atoms. The zero-order valence-corrected chi connectivity index (χ0v) is 7.66. The molecule has 1 atom stereocenters. The van der Waals surface area contributed by atoms with E-state index in [9.17, 15) is 9.59 Å². The summed E-state index contributed by atoms with van der Waals surface area (Å²) in [5, 5.41) is 10.7. The summed E-state index contributed by atoms with van der Waals surface area (Å²) in [6, 6.07) is -0.496. The van der Waals surface area contributed by atoms with Gasteiger partial charge in [0, 0.05) is 6.04 Å². The van der Waals surface area contributed by atoms with E-state index in [1.165, 1.54) is 0 Å². The highest BCUT2D eigenvalue weighted by Crippen LogP contribution is 1.86. The van der Waals surface area contributed by atoms with Gasteiger partial charge in [0.25, 0.3) is 0 Å². The second-order valence-corrected chi connectivity index (χ2v) is 2.57. The molecule has 0 radical (unpaired) electrons. The summed E-state index contributed by atoms with van der Waals surface area (Å²) in [6.07, 6.45) is 0.798. The van der Waals surface area contributed by atoms with Crippen molar-refractivity contribution in [3.05, 3.63) is 0 Å². The SMILES string of the molecule is CCC(C)NC(=O)NOCC(=O)O. The fourth-order valence-corrected chi connectivity index (χ4v) is 0.519. The molecule has 0 spiro atoms. The number of carbonyl (C=O) groups is 2. The molecular weight excluding hydrogens is 176 g/mol. The zero-order chi connectivity index (χ0) is 10.3. The van der Waals surface area contributed by atoms with Gasteiger partial charge in [0.15, 0.2) is 6.61 Å². The molecule has 2 amide bonds. The van der Waals surface area contributed by atoms with Crippen molar-refractivity contribution in [2.75, 3.05) is 6.61 Å². The molecule has 0 aliphatic rings. The minimum Gasteiger partial charge on any atom is -0.479 e. The van der Waals surface area contributed by atoms with Gasteiger partial charge in [-0.1, -0.05) is 6.92 Å². The maximum atomic E-state index is 10.9. The lowest BCUT2D eigenvalue weighted by atomic mass is 10.3. The summed E-state index contributed by atoms with van der Waals surface area (Å²) in [6.45, 7) is 3.20. The van der Waals surface area contributed by atoms with E-state index in [0.29, 0.717) is 0 Å². The van der Waals surface area contributed by atoms with Crippen LogP contribution in [0.3, 0.4) is 0 Å². The monoisotopic (exact) mass is 190 g/mol. The van der Waals surface area contributed by atoms with Crippen LogP contribution in [0.4, 0.5) is 4.79 Å². The number of amides is 2. The first kappa shape index (κ1) is 11.7. The van der Waals surface area contributed by atoms with Crippen LogP contribution in [0.1, 0.15) is 20.3 Å². The Labute approximate surface area is 76.2 Å². The smallest absolute Gasteiger partial charge is 0.338 e. The number of hydroxylamine groups is 1. The highest BCUT2D eigenvalue weighted by atomic mass is 16.7. The molecule has 0 rings (SSSR count). The van der Waals surface area contributed by atoms with Crippen LogP contribution < -0.4 is 10.8 Å². The number of carbonyl (C=O) groups excluding carboxylic acids is 1. The largest absolute Gasteiger partial charge is 0.479 e. The van der Waals surface area contributed by atoms with Crippen molar-refractivity contribution < 1.29 is 19.5 Å². The molecule has 0 aromatic rings. The number of carboxylic acid groups (broad SMARTS) is 1. The van der Waals surface area contributed by atoms with Gasteiger partial charge in [-0.05, 0) is 13.3 Å². The highest BCUT2D eigenvalue weighted by molar-refractivity contribution is 5.73. The van der Waals surface area contributed by atoms with Crippen LogP contribution in [0.2, 0.25) is 0 Å². The molecule has 6 heteroatoms. The molecule has 0 saturated carbocycles. The lowest BCUT2D eigenvalue weighted by Gasteiger charge is -2.11. The van der Waals surface area contributed by atoms with Gasteiger partial charge >= 0.3 is 12.0 Å². The van der Waals surface area contributed by atoms with Gasteiger partial charge in [-0.25, -0.2) is 15.1 Å². The van der Waals surface area contributed by atoms with Gasteiger partial charge in [0.1, 0.15) is 0 Å². The predicted octanol–water partition coefficient (Wildman–Crippen LogP) is 0.100. The first-order valence-corrected chi connectivity index (χ1v) is 3.96. The number of hydrogen-bond acceptors (Lipinski definition) is 3. The third-order valence-electron chi connectivity index (χ3n) is 1.35. The summed E-state index contributed by atoms with van der Waals surface area (Å²) < 4.78 is 0. The third-order valence-corrected chi connectivity index (χ3v) is 1.35. The van der Waals surface area contributed by atoms with E-state index in [0.717, 1.165) is 6.42 Å². The van der Waals surface area contributed by atoms with Crippen LogP contribution in [-0.2, 0) is 9.63 Å². The summed E-state index contributed by atoms with van der Waals surface area (Å²) in [5.74, 6) is -1.14. The van der Waals surface area contributed by atoms with Gasteiger partial charge in [-0.15, -0.1) is 0 Å². The number of aliphatic carboxylic acids is 1. The number of carboxylic acids is 1. The van der Waals surface area contributed by atoms with Crippen LogP contribution in [0.5, 0.6) is 0 Å². The van der Waals surface area contributed by atoms with E-state index < -0.39 is 18.6 Å². The van der Waals surface area contributed by atoms with E-state index in [-0.39, 0.29) is 6.04 Å². The van der Waals surface area contributed by atoms with Gasteiger partial charge in [-0.3, -0.25) is 4.84 Å². The molecule has 0 fully saturated rings. The Hall–Kier alpha value is -1.30. The summed E-state index contributed by atoms with van der Waals surface area (Å²) in [7, 11) is 0. The number of urea groups is 1. The molecule has 0 aromatic carbocycles. The highest BCUT2D eigenvalue weighted by Gasteiger charge is 2.05. The fourth-order valence-electron chi connectivity index (χ4n) is 0.519. The molecule has 0 bridgehead atoms. The van der Waals surface area contributed by atoms with Crippen molar-refractivity contribution >= 4 is 12.0 Å². The Kier molecular flexibility index (Phi) is 5.62. The van der Waals surface area contributed by atoms with Crippen molar-refractivity contribution in [3.63, 3.8) is 0 Å². The zero-order valence-electron chi connectivity index (χ0n) is 7.66. The van der Waals surface area contributed by atoms with E-state index in [2.05, 4.69) is 10.2 Å². The van der Waals surface area contributed by atoms with E-state index >= 15 is 0 Å². The molecule has 0 heterocycles. The molecule has 0 aliphatic heterocycles. The predicted molar refractivity (Wildman–Crippen MR) is 45.0 cm³/mol. The van der Waals surface area contributed by atoms with Crippen LogP contribution in [0, 0.1) is 0 Å². The quantitative estimate of drug-likeness (QED) is 0.536. The molecule has 0 saturated heterocycles. The average Bonchev–Trinajstić information content (AvgIpc) is 2.03. The number of rotatable bonds is 5.